The number of aryl methyl sites for hydroxylation is 1. The zero-order valence-corrected chi connectivity index (χ0v) is 14.6. The number of amides is 1. The van der Waals surface area contributed by atoms with Gasteiger partial charge >= 0.3 is 0 Å². The van der Waals surface area contributed by atoms with Gasteiger partial charge in [-0.3, -0.25) is 4.79 Å². The summed E-state index contributed by atoms with van der Waals surface area (Å²) in [5, 5.41) is 11.6. The molecule has 6 heteroatoms. The average molecular weight is 335 g/mol. The normalized spacial score (nSPS) is 10.6. The van der Waals surface area contributed by atoms with Crippen LogP contribution < -0.4 is 5.32 Å². The smallest absolute Gasteiger partial charge is 0.226 e. The van der Waals surface area contributed by atoms with Gasteiger partial charge in [0.15, 0.2) is 4.34 Å². The maximum absolute atomic E-state index is 11.7. The Bertz CT molecular complexity index is 613. The quantitative estimate of drug-likeness (QED) is 0.433. The molecule has 0 radical (unpaired) electrons. The van der Waals surface area contributed by atoms with Crippen molar-refractivity contribution in [2.75, 3.05) is 5.32 Å². The van der Waals surface area contributed by atoms with Crippen molar-refractivity contribution in [1.29, 1.82) is 0 Å². The SMILES string of the molecule is CCCCCC(=O)Nc1nnc(SCc2ccccc2C)s1. The Kier molecular flexibility index (Phi) is 6.86. The van der Waals surface area contributed by atoms with Crippen molar-refractivity contribution in [3.8, 4) is 0 Å². The van der Waals surface area contributed by atoms with Crippen LogP contribution in [-0.4, -0.2) is 16.1 Å². The highest BCUT2D eigenvalue weighted by atomic mass is 32.2. The zero-order valence-electron chi connectivity index (χ0n) is 13.0. The lowest BCUT2D eigenvalue weighted by Crippen LogP contribution is -2.10. The van der Waals surface area contributed by atoms with Gasteiger partial charge in [-0.1, -0.05) is 67.1 Å². The van der Waals surface area contributed by atoms with Crippen LogP contribution in [0.5, 0.6) is 0 Å². The summed E-state index contributed by atoms with van der Waals surface area (Å²) in [4.78, 5) is 11.7. The first kappa shape index (κ1) is 17.0. The highest BCUT2D eigenvalue weighted by Gasteiger charge is 2.09. The van der Waals surface area contributed by atoms with E-state index in [0.717, 1.165) is 29.4 Å². The molecule has 1 heterocycles. The number of nitrogens with one attached hydrogen (secondary N) is 1. The van der Waals surface area contributed by atoms with E-state index in [0.29, 0.717) is 11.6 Å². The highest BCUT2D eigenvalue weighted by molar-refractivity contribution is 8.00. The molecule has 22 heavy (non-hydrogen) atoms. The Morgan fingerprint density at radius 3 is 2.86 bits per heavy atom. The van der Waals surface area contributed by atoms with E-state index < -0.39 is 0 Å². The first-order chi connectivity index (χ1) is 10.7. The van der Waals surface area contributed by atoms with Crippen LogP contribution in [0, 0.1) is 6.92 Å². The van der Waals surface area contributed by atoms with E-state index in [1.807, 2.05) is 12.1 Å². The van der Waals surface area contributed by atoms with Crippen molar-refractivity contribution in [2.24, 2.45) is 0 Å². The van der Waals surface area contributed by atoms with Crippen LogP contribution in [0.4, 0.5) is 5.13 Å². The van der Waals surface area contributed by atoms with E-state index in [-0.39, 0.29) is 5.91 Å². The monoisotopic (exact) mass is 335 g/mol. The molecule has 0 bridgehead atoms. The minimum Gasteiger partial charge on any atom is -0.301 e. The third kappa shape index (κ3) is 5.42. The summed E-state index contributed by atoms with van der Waals surface area (Å²) in [6, 6.07) is 8.32. The average Bonchev–Trinajstić information content (AvgIpc) is 2.94. The molecule has 1 amide bonds. The lowest BCUT2D eigenvalue weighted by molar-refractivity contribution is -0.116. The van der Waals surface area contributed by atoms with E-state index in [1.165, 1.54) is 22.5 Å². The topological polar surface area (TPSA) is 54.9 Å². The maximum atomic E-state index is 11.7. The van der Waals surface area contributed by atoms with Crippen molar-refractivity contribution in [3.63, 3.8) is 0 Å². The second kappa shape index (κ2) is 8.90. The molecule has 0 spiro atoms. The molecule has 4 nitrogen and oxygen atoms in total. The number of benzene rings is 1. The van der Waals surface area contributed by atoms with Gasteiger partial charge in [-0.2, -0.15) is 0 Å². The molecule has 0 saturated heterocycles. The number of carbonyl (C=O) groups excluding carboxylic acids is 1. The Balaban J connectivity index is 1.81. The Labute approximate surface area is 139 Å². The van der Waals surface area contributed by atoms with Gasteiger partial charge in [0.05, 0.1) is 0 Å². The van der Waals surface area contributed by atoms with Crippen molar-refractivity contribution in [3.05, 3.63) is 35.4 Å². The van der Waals surface area contributed by atoms with Gasteiger partial charge in [-0.05, 0) is 24.5 Å². The zero-order chi connectivity index (χ0) is 15.8. The number of hydrogen-bond acceptors (Lipinski definition) is 5. The van der Waals surface area contributed by atoms with Crippen LogP contribution in [0.25, 0.3) is 0 Å². The van der Waals surface area contributed by atoms with Crippen LogP contribution in [0.1, 0.15) is 43.7 Å². The number of anilines is 1. The van der Waals surface area contributed by atoms with Gasteiger partial charge in [0.2, 0.25) is 11.0 Å². The van der Waals surface area contributed by atoms with Gasteiger partial charge in [0.25, 0.3) is 0 Å². The number of carbonyl (C=O) groups is 1. The van der Waals surface area contributed by atoms with E-state index in [4.69, 9.17) is 0 Å². The Morgan fingerprint density at radius 2 is 2.09 bits per heavy atom. The molecular weight excluding hydrogens is 314 g/mol. The summed E-state index contributed by atoms with van der Waals surface area (Å²) in [5.41, 5.74) is 2.58. The number of rotatable bonds is 8. The summed E-state index contributed by atoms with van der Waals surface area (Å²) < 4.78 is 0.882. The molecular formula is C16H21N3OS2. The van der Waals surface area contributed by atoms with Crippen molar-refractivity contribution in [1.82, 2.24) is 10.2 Å². The lowest BCUT2D eigenvalue weighted by Gasteiger charge is -2.02. The first-order valence-electron chi connectivity index (χ1n) is 7.49. The number of thioether (sulfide) groups is 1. The molecule has 0 fully saturated rings. The van der Waals surface area contributed by atoms with Crippen molar-refractivity contribution in [2.45, 2.75) is 49.6 Å². The molecule has 118 valence electrons. The molecule has 2 aromatic rings. The molecule has 0 aliphatic heterocycles. The molecule has 0 aliphatic carbocycles. The third-order valence-electron chi connectivity index (χ3n) is 3.27. The summed E-state index contributed by atoms with van der Waals surface area (Å²) in [6.07, 6.45) is 3.68. The minimum atomic E-state index is 0.0278. The molecule has 0 unspecified atom stereocenters. The maximum Gasteiger partial charge on any atom is 0.226 e. The van der Waals surface area contributed by atoms with Crippen molar-refractivity contribution >= 4 is 34.1 Å². The fraction of sp³-hybridized carbons (Fsp3) is 0.438. The Hall–Kier alpha value is -1.40. The predicted octanol–water partition coefficient (Wildman–Crippen LogP) is 4.66. The van der Waals surface area contributed by atoms with Gasteiger partial charge < -0.3 is 5.32 Å². The van der Waals surface area contributed by atoms with E-state index in [9.17, 15) is 4.79 Å². The number of aromatic nitrogens is 2. The van der Waals surface area contributed by atoms with Crippen LogP contribution in [0.3, 0.4) is 0 Å². The predicted molar refractivity (Wildman–Crippen MR) is 93.4 cm³/mol. The second-order valence-electron chi connectivity index (χ2n) is 5.09. The lowest BCUT2D eigenvalue weighted by atomic mass is 10.1. The van der Waals surface area contributed by atoms with Gasteiger partial charge in [0.1, 0.15) is 0 Å². The van der Waals surface area contributed by atoms with Crippen LogP contribution in [0.2, 0.25) is 0 Å². The molecule has 0 aliphatic rings. The second-order valence-corrected chi connectivity index (χ2v) is 7.29. The molecule has 1 aromatic heterocycles. The molecule has 0 atom stereocenters. The fourth-order valence-electron chi connectivity index (χ4n) is 1.95. The van der Waals surface area contributed by atoms with E-state index >= 15 is 0 Å². The number of nitrogens with zero attached hydrogens (tertiary/aromatic N) is 2. The number of hydrogen-bond donors (Lipinski definition) is 1. The summed E-state index contributed by atoms with van der Waals surface area (Å²) in [7, 11) is 0. The van der Waals surface area contributed by atoms with E-state index in [2.05, 4.69) is 41.5 Å². The summed E-state index contributed by atoms with van der Waals surface area (Å²) in [5.74, 6) is 0.895. The van der Waals surface area contributed by atoms with Crippen LogP contribution in [-0.2, 0) is 10.5 Å². The molecule has 1 N–H and O–H groups in total. The fourth-order valence-corrected chi connectivity index (χ4v) is 3.79. The van der Waals surface area contributed by atoms with Crippen LogP contribution in [0.15, 0.2) is 28.6 Å². The Morgan fingerprint density at radius 1 is 1.27 bits per heavy atom. The first-order valence-corrected chi connectivity index (χ1v) is 9.30. The largest absolute Gasteiger partial charge is 0.301 e. The highest BCUT2D eigenvalue weighted by Crippen LogP contribution is 2.29. The third-order valence-corrected chi connectivity index (χ3v) is 5.29. The van der Waals surface area contributed by atoms with E-state index in [1.54, 1.807) is 11.8 Å². The van der Waals surface area contributed by atoms with Crippen LogP contribution >= 0.6 is 23.1 Å². The van der Waals surface area contributed by atoms with Gasteiger partial charge in [-0.15, -0.1) is 10.2 Å². The summed E-state index contributed by atoms with van der Waals surface area (Å²) in [6.45, 7) is 4.23. The van der Waals surface area contributed by atoms with Crippen molar-refractivity contribution < 1.29 is 4.79 Å². The van der Waals surface area contributed by atoms with Gasteiger partial charge in [0, 0.05) is 12.2 Å². The molecule has 2 rings (SSSR count). The summed E-state index contributed by atoms with van der Waals surface area (Å²) >= 11 is 3.09. The van der Waals surface area contributed by atoms with Gasteiger partial charge in [-0.25, -0.2) is 0 Å². The molecule has 0 saturated carbocycles. The molecule has 1 aromatic carbocycles. The minimum absolute atomic E-state index is 0.0278. The standard InChI is InChI=1S/C16H21N3OS2/c1-3-4-5-10-14(20)17-15-18-19-16(22-15)21-11-13-9-7-6-8-12(13)2/h6-9H,3-5,10-11H2,1-2H3,(H,17,18,20). The number of unbranched alkanes of at least 4 members (excludes halogenated alkanes) is 2.